The second kappa shape index (κ2) is 14.7. The van der Waals surface area contributed by atoms with Crippen LogP contribution in [-0.4, -0.2) is 0 Å². The highest BCUT2D eigenvalue weighted by atomic mass is 14.9. The summed E-state index contributed by atoms with van der Waals surface area (Å²) in [6.45, 7) is 41.1. The smallest absolute Gasteiger partial charge is 0.0207 e. The Kier molecular flexibility index (Phi) is 13.0. The van der Waals surface area contributed by atoms with Gasteiger partial charge in [-0.3, -0.25) is 0 Å². The minimum absolute atomic E-state index is 0.171. The third kappa shape index (κ3) is 10.9. The SMILES string of the molecule is CCC(C)(C)/C=C(/CCC[C@@H](C)CC(/C=C(\C)C(C)(C)C)=C(\NC1=CC2C(CC1)C(C)(C)CCC2(C)C)C(C)C)C(C)(C)C. The van der Waals surface area contributed by atoms with E-state index in [1.165, 1.54) is 73.9 Å². The summed E-state index contributed by atoms with van der Waals surface area (Å²) in [5, 5.41) is 4.13. The molecule has 0 heterocycles. The second-order valence-corrected chi connectivity index (χ2v) is 19.6. The van der Waals surface area contributed by atoms with Crippen molar-refractivity contribution >= 4 is 0 Å². The van der Waals surface area contributed by atoms with E-state index in [0.29, 0.717) is 28.6 Å². The summed E-state index contributed by atoms with van der Waals surface area (Å²) >= 11 is 0. The van der Waals surface area contributed by atoms with Crippen molar-refractivity contribution in [2.45, 2.75) is 175 Å². The zero-order valence-electron chi connectivity index (χ0n) is 32.9. The van der Waals surface area contributed by atoms with Gasteiger partial charge in [0.05, 0.1) is 0 Å². The Balaban J connectivity index is 2.38. The molecule has 0 saturated heterocycles. The van der Waals surface area contributed by atoms with Gasteiger partial charge in [0.15, 0.2) is 0 Å². The van der Waals surface area contributed by atoms with Crippen LogP contribution in [0.3, 0.4) is 0 Å². The van der Waals surface area contributed by atoms with E-state index in [1.807, 2.05) is 0 Å². The first-order valence-electron chi connectivity index (χ1n) is 18.5. The van der Waals surface area contributed by atoms with Crippen molar-refractivity contribution < 1.29 is 0 Å². The predicted octanol–water partition coefficient (Wildman–Crippen LogP) is 13.8. The van der Waals surface area contributed by atoms with Gasteiger partial charge in [-0.1, -0.05) is 147 Å². The minimum Gasteiger partial charge on any atom is -0.362 e. The molecule has 1 saturated carbocycles. The van der Waals surface area contributed by atoms with Crippen LogP contribution in [0.15, 0.2) is 46.3 Å². The van der Waals surface area contributed by atoms with E-state index in [4.69, 9.17) is 0 Å². The van der Waals surface area contributed by atoms with Crippen LogP contribution >= 0.6 is 0 Å². The Labute approximate surface area is 277 Å². The molecule has 3 atom stereocenters. The van der Waals surface area contributed by atoms with E-state index < -0.39 is 0 Å². The van der Waals surface area contributed by atoms with Gasteiger partial charge >= 0.3 is 0 Å². The Morgan fingerprint density at radius 3 is 2.05 bits per heavy atom. The maximum atomic E-state index is 4.13. The molecule has 44 heavy (non-hydrogen) atoms. The maximum absolute atomic E-state index is 4.13. The van der Waals surface area contributed by atoms with Crippen LogP contribution < -0.4 is 5.32 Å². The average Bonchev–Trinajstić information content (AvgIpc) is 2.87. The lowest BCUT2D eigenvalue weighted by Crippen LogP contribution is -2.45. The van der Waals surface area contributed by atoms with E-state index in [2.05, 4.69) is 141 Å². The Morgan fingerprint density at radius 1 is 0.932 bits per heavy atom. The number of fused-ring (bicyclic) bond motifs is 1. The highest BCUT2D eigenvalue weighted by molar-refractivity contribution is 5.33. The minimum atomic E-state index is 0.171. The first kappa shape index (κ1) is 38.9. The molecule has 2 rings (SSSR count). The van der Waals surface area contributed by atoms with Crippen molar-refractivity contribution in [1.29, 1.82) is 0 Å². The molecule has 0 amide bonds. The summed E-state index contributed by atoms with van der Waals surface area (Å²) in [7, 11) is 0. The first-order valence-corrected chi connectivity index (χ1v) is 18.5. The molecule has 1 fully saturated rings. The summed E-state index contributed by atoms with van der Waals surface area (Å²) in [5.74, 6) is 2.56. The largest absolute Gasteiger partial charge is 0.362 e. The summed E-state index contributed by atoms with van der Waals surface area (Å²) in [6.07, 6.45) is 19.1. The number of hydrogen-bond acceptors (Lipinski definition) is 1. The molecule has 2 unspecified atom stereocenters. The standard InChI is InChI=1S/C43H77N/c1-18-41(12,13)29-34(40(9,10)11)21-19-20-31(4)26-33(27-32(5)39(6,7)8)38(30(2)3)44-35-22-23-36-37(28-35)43(16,17)25-24-42(36,14)15/h27-31,36-37,44H,18-26H2,1-17H3/b32-27+,34-29-,38-33+/t31-,36?,37?/m1/s1. The van der Waals surface area contributed by atoms with Crippen LogP contribution in [-0.2, 0) is 0 Å². The van der Waals surface area contributed by atoms with Crippen LogP contribution in [0.5, 0.6) is 0 Å². The molecule has 0 aromatic heterocycles. The van der Waals surface area contributed by atoms with Crippen LogP contribution in [0.2, 0.25) is 0 Å². The number of rotatable bonds is 12. The van der Waals surface area contributed by atoms with E-state index in [0.717, 1.165) is 12.3 Å². The van der Waals surface area contributed by atoms with Crippen LogP contribution in [0.4, 0.5) is 0 Å². The van der Waals surface area contributed by atoms with Gasteiger partial charge in [0.25, 0.3) is 0 Å². The molecule has 254 valence electrons. The lowest BCUT2D eigenvalue weighted by molar-refractivity contribution is -0.00366. The van der Waals surface area contributed by atoms with Gasteiger partial charge in [-0.2, -0.15) is 0 Å². The van der Waals surface area contributed by atoms with Gasteiger partial charge in [-0.05, 0) is 115 Å². The van der Waals surface area contributed by atoms with Gasteiger partial charge in [-0.15, -0.1) is 0 Å². The lowest BCUT2D eigenvalue weighted by Gasteiger charge is -2.53. The molecular weight excluding hydrogens is 530 g/mol. The molecule has 0 spiro atoms. The quantitative estimate of drug-likeness (QED) is 0.172. The van der Waals surface area contributed by atoms with Gasteiger partial charge in [0.2, 0.25) is 0 Å². The molecule has 2 aliphatic rings. The normalized spacial score (nSPS) is 24.5. The van der Waals surface area contributed by atoms with Crippen molar-refractivity contribution in [1.82, 2.24) is 5.32 Å². The van der Waals surface area contributed by atoms with Gasteiger partial charge < -0.3 is 5.32 Å². The van der Waals surface area contributed by atoms with Crippen LogP contribution in [0, 0.1) is 50.7 Å². The van der Waals surface area contributed by atoms with Gasteiger partial charge in [-0.25, -0.2) is 0 Å². The third-order valence-electron chi connectivity index (χ3n) is 11.8. The molecule has 0 bridgehead atoms. The van der Waals surface area contributed by atoms with Crippen molar-refractivity contribution in [3.05, 3.63) is 46.3 Å². The maximum Gasteiger partial charge on any atom is 0.0207 e. The van der Waals surface area contributed by atoms with Crippen molar-refractivity contribution in [3.63, 3.8) is 0 Å². The molecule has 1 nitrogen and oxygen atoms in total. The number of allylic oxidation sites excluding steroid dienone is 8. The highest BCUT2D eigenvalue weighted by Crippen LogP contribution is 2.56. The lowest BCUT2D eigenvalue weighted by atomic mass is 9.52. The van der Waals surface area contributed by atoms with Crippen molar-refractivity contribution in [2.24, 2.45) is 50.7 Å². The highest BCUT2D eigenvalue weighted by Gasteiger charge is 2.47. The summed E-state index contributed by atoms with van der Waals surface area (Å²) in [5.41, 5.74) is 9.08. The molecule has 0 radical (unpaired) electrons. The molecule has 0 aromatic rings. The third-order valence-corrected chi connectivity index (χ3v) is 11.8. The zero-order valence-corrected chi connectivity index (χ0v) is 32.9. The van der Waals surface area contributed by atoms with Crippen LogP contribution in [0.1, 0.15) is 175 Å². The molecular formula is C43H77N. The number of hydrogen-bond donors (Lipinski definition) is 1. The topological polar surface area (TPSA) is 12.0 Å². The molecule has 2 aliphatic carbocycles. The predicted molar refractivity (Wildman–Crippen MR) is 199 cm³/mol. The fourth-order valence-electron chi connectivity index (χ4n) is 7.50. The average molecular weight is 608 g/mol. The summed E-state index contributed by atoms with van der Waals surface area (Å²) in [4.78, 5) is 0. The molecule has 1 N–H and O–H groups in total. The summed E-state index contributed by atoms with van der Waals surface area (Å²) in [6, 6.07) is 0. The molecule has 0 aromatic carbocycles. The summed E-state index contributed by atoms with van der Waals surface area (Å²) < 4.78 is 0. The first-order chi connectivity index (χ1) is 19.9. The van der Waals surface area contributed by atoms with Gasteiger partial charge in [0.1, 0.15) is 0 Å². The molecule has 0 aliphatic heterocycles. The Hall–Kier alpha value is -1.24. The Bertz CT molecular complexity index is 1070. The Morgan fingerprint density at radius 2 is 1.52 bits per heavy atom. The van der Waals surface area contributed by atoms with E-state index in [1.54, 1.807) is 5.57 Å². The molecule has 1 heteroatoms. The second-order valence-electron chi connectivity index (χ2n) is 19.6. The van der Waals surface area contributed by atoms with Gasteiger partial charge in [0, 0.05) is 11.4 Å². The van der Waals surface area contributed by atoms with E-state index in [-0.39, 0.29) is 16.2 Å². The fraction of sp³-hybridized carbons (Fsp3) is 0.814. The fourth-order valence-corrected chi connectivity index (χ4v) is 7.50. The zero-order chi connectivity index (χ0) is 33.9. The number of nitrogens with one attached hydrogen (secondary N) is 1. The van der Waals surface area contributed by atoms with E-state index in [9.17, 15) is 0 Å². The van der Waals surface area contributed by atoms with Crippen molar-refractivity contribution in [2.75, 3.05) is 0 Å². The van der Waals surface area contributed by atoms with Crippen LogP contribution in [0.25, 0.3) is 0 Å². The van der Waals surface area contributed by atoms with Crippen molar-refractivity contribution in [3.8, 4) is 0 Å². The van der Waals surface area contributed by atoms with E-state index >= 15 is 0 Å². The monoisotopic (exact) mass is 608 g/mol.